The van der Waals surface area contributed by atoms with Crippen molar-refractivity contribution in [2.45, 2.75) is 17.9 Å². The minimum absolute atomic E-state index is 0.210. The van der Waals surface area contributed by atoms with Crippen molar-refractivity contribution < 1.29 is 4.74 Å². The Kier molecular flexibility index (Phi) is 5.50. The Morgan fingerprint density at radius 2 is 1.55 bits per heavy atom. The molecule has 0 saturated carbocycles. The molecule has 0 spiro atoms. The first-order valence-electron chi connectivity index (χ1n) is 6.82. The number of thioether (sulfide) groups is 1. The van der Waals surface area contributed by atoms with Crippen molar-refractivity contribution in [3.63, 3.8) is 0 Å². The highest BCUT2D eigenvalue weighted by molar-refractivity contribution is 7.98. The molecule has 0 aromatic heterocycles. The van der Waals surface area contributed by atoms with Gasteiger partial charge in [-0.2, -0.15) is 0 Å². The highest BCUT2D eigenvalue weighted by Crippen LogP contribution is 2.25. The molecule has 2 aromatic rings. The van der Waals surface area contributed by atoms with E-state index in [0.717, 1.165) is 5.75 Å². The van der Waals surface area contributed by atoms with Crippen LogP contribution in [-0.4, -0.2) is 19.9 Å². The van der Waals surface area contributed by atoms with Crippen molar-refractivity contribution in [1.82, 2.24) is 5.32 Å². The second-order valence-electron chi connectivity index (χ2n) is 4.50. The van der Waals surface area contributed by atoms with Crippen molar-refractivity contribution in [3.8, 4) is 5.75 Å². The molecular formula is C17H21NOS. The maximum atomic E-state index is 5.49. The van der Waals surface area contributed by atoms with E-state index in [4.69, 9.17) is 4.74 Å². The normalized spacial score (nSPS) is 12.2. The number of ether oxygens (including phenoxy) is 1. The molecule has 106 valence electrons. The average molecular weight is 287 g/mol. The predicted molar refractivity (Wildman–Crippen MR) is 86.7 cm³/mol. The van der Waals surface area contributed by atoms with Gasteiger partial charge in [-0.05, 0) is 55.6 Å². The van der Waals surface area contributed by atoms with Crippen molar-refractivity contribution in [2.24, 2.45) is 0 Å². The maximum absolute atomic E-state index is 5.49. The molecule has 20 heavy (non-hydrogen) atoms. The predicted octanol–water partition coefficient (Wildman–Crippen LogP) is 4.12. The van der Waals surface area contributed by atoms with Gasteiger partial charge >= 0.3 is 0 Å². The number of hydrogen-bond donors (Lipinski definition) is 1. The molecule has 0 radical (unpaired) electrons. The van der Waals surface area contributed by atoms with E-state index in [1.165, 1.54) is 16.0 Å². The first-order valence-corrected chi connectivity index (χ1v) is 8.05. The largest absolute Gasteiger partial charge is 0.494 e. The Labute approximate surface area is 125 Å². The van der Waals surface area contributed by atoms with Crippen molar-refractivity contribution in [2.75, 3.05) is 19.9 Å². The SMILES string of the molecule is CCOc1ccc(C(NC)c2ccc(SC)cc2)cc1. The first kappa shape index (κ1) is 14.9. The van der Waals surface area contributed by atoms with Gasteiger partial charge in [-0.3, -0.25) is 0 Å². The number of hydrogen-bond acceptors (Lipinski definition) is 3. The summed E-state index contributed by atoms with van der Waals surface area (Å²) < 4.78 is 5.49. The second kappa shape index (κ2) is 7.36. The van der Waals surface area contributed by atoms with Crippen LogP contribution in [0.4, 0.5) is 0 Å². The molecule has 0 fully saturated rings. The van der Waals surface area contributed by atoms with Gasteiger partial charge in [-0.1, -0.05) is 24.3 Å². The highest BCUT2D eigenvalue weighted by atomic mass is 32.2. The molecule has 0 aliphatic rings. The smallest absolute Gasteiger partial charge is 0.119 e. The van der Waals surface area contributed by atoms with Gasteiger partial charge in [0.2, 0.25) is 0 Å². The quantitative estimate of drug-likeness (QED) is 0.808. The molecule has 1 N–H and O–H groups in total. The fourth-order valence-electron chi connectivity index (χ4n) is 2.25. The van der Waals surface area contributed by atoms with Gasteiger partial charge in [0.25, 0.3) is 0 Å². The van der Waals surface area contributed by atoms with Crippen LogP contribution in [0.15, 0.2) is 53.4 Å². The summed E-state index contributed by atoms with van der Waals surface area (Å²) in [6.45, 7) is 2.70. The lowest BCUT2D eigenvalue weighted by atomic mass is 9.99. The van der Waals surface area contributed by atoms with Gasteiger partial charge in [-0.15, -0.1) is 11.8 Å². The lowest BCUT2D eigenvalue weighted by Gasteiger charge is -2.18. The van der Waals surface area contributed by atoms with Crippen LogP contribution < -0.4 is 10.1 Å². The van der Waals surface area contributed by atoms with Crippen molar-refractivity contribution in [1.29, 1.82) is 0 Å². The van der Waals surface area contributed by atoms with Crippen LogP contribution in [0.1, 0.15) is 24.1 Å². The zero-order chi connectivity index (χ0) is 14.4. The molecule has 0 bridgehead atoms. The molecule has 0 heterocycles. The standard InChI is InChI=1S/C17H21NOS/c1-4-19-15-9-5-13(6-10-15)17(18-2)14-7-11-16(20-3)12-8-14/h5-12,17-18H,4H2,1-3H3. The zero-order valence-corrected chi connectivity index (χ0v) is 13.0. The van der Waals surface area contributed by atoms with Crippen LogP contribution in [0.3, 0.4) is 0 Å². The molecule has 2 nitrogen and oxygen atoms in total. The zero-order valence-electron chi connectivity index (χ0n) is 12.2. The van der Waals surface area contributed by atoms with Crippen LogP contribution in [0.5, 0.6) is 5.75 Å². The summed E-state index contributed by atoms with van der Waals surface area (Å²) in [7, 11) is 1.99. The topological polar surface area (TPSA) is 21.3 Å². The van der Waals surface area contributed by atoms with Crippen LogP contribution >= 0.6 is 11.8 Å². The van der Waals surface area contributed by atoms with E-state index in [1.807, 2.05) is 26.1 Å². The molecule has 3 heteroatoms. The molecule has 0 saturated heterocycles. The van der Waals surface area contributed by atoms with Crippen LogP contribution in [-0.2, 0) is 0 Å². The molecule has 1 unspecified atom stereocenters. The Morgan fingerprint density at radius 1 is 1.00 bits per heavy atom. The third kappa shape index (κ3) is 3.56. The van der Waals surface area contributed by atoms with Crippen molar-refractivity contribution >= 4 is 11.8 Å². The van der Waals surface area contributed by atoms with E-state index in [1.54, 1.807) is 11.8 Å². The summed E-state index contributed by atoms with van der Waals surface area (Å²) in [6.07, 6.45) is 2.09. The Hall–Kier alpha value is -1.45. The van der Waals surface area contributed by atoms with E-state index in [9.17, 15) is 0 Å². The van der Waals surface area contributed by atoms with Crippen molar-refractivity contribution in [3.05, 3.63) is 59.7 Å². The molecule has 2 rings (SSSR count). The molecule has 0 aliphatic carbocycles. The summed E-state index contributed by atoms with van der Waals surface area (Å²) >= 11 is 1.76. The lowest BCUT2D eigenvalue weighted by Crippen LogP contribution is -2.17. The van der Waals surface area contributed by atoms with Gasteiger partial charge in [0.15, 0.2) is 0 Å². The molecule has 0 aliphatic heterocycles. The lowest BCUT2D eigenvalue weighted by molar-refractivity contribution is 0.340. The summed E-state index contributed by atoms with van der Waals surface area (Å²) in [5.74, 6) is 0.920. The van der Waals surface area contributed by atoms with Crippen LogP contribution in [0, 0.1) is 0 Å². The molecule has 1 atom stereocenters. The Bertz CT molecular complexity index is 522. The average Bonchev–Trinajstić information content (AvgIpc) is 2.51. The summed E-state index contributed by atoms with van der Waals surface area (Å²) in [5.41, 5.74) is 2.52. The highest BCUT2D eigenvalue weighted by Gasteiger charge is 2.11. The van der Waals surface area contributed by atoms with Crippen LogP contribution in [0.2, 0.25) is 0 Å². The third-order valence-corrected chi connectivity index (χ3v) is 4.01. The van der Waals surface area contributed by atoms with Gasteiger partial charge in [0, 0.05) is 4.90 Å². The monoisotopic (exact) mass is 287 g/mol. The van der Waals surface area contributed by atoms with E-state index in [0.29, 0.717) is 6.61 Å². The Balaban J connectivity index is 2.21. The van der Waals surface area contributed by atoms with Gasteiger partial charge in [0.1, 0.15) is 5.75 Å². The first-order chi connectivity index (χ1) is 9.78. The summed E-state index contributed by atoms with van der Waals surface area (Å²) in [6, 6.07) is 17.2. The van der Waals surface area contributed by atoms with E-state index >= 15 is 0 Å². The minimum atomic E-state index is 0.210. The number of nitrogens with one attached hydrogen (secondary N) is 1. The fourth-order valence-corrected chi connectivity index (χ4v) is 2.65. The molecule has 2 aromatic carbocycles. The minimum Gasteiger partial charge on any atom is -0.494 e. The van der Waals surface area contributed by atoms with E-state index in [2.05, 4.69) is 48.0 Å². The Morgan fingerprint density at radius 3 is 2.00 bits per heavy atom. The number of benzene rings is 2. The summed E-state index contributed by atoms with van der Waals surface area (Å²) in [5, 5.41) is 3.38. The summed E-state index contributed by atoms with van der Waals surface area (Å²) in [4.78, 5) is 1.29. The van der Waals surface area contributed by atoms with Gasteiger partial charge in [-0.25, -0.2) is 0 Å². The van der Waals surface area contributed by atoms with E-state index in [-0.39, 0.29) is 6.04 Å². The van der Waals surface area contributed by atoms with Gasteiger partial charge < -0.3 is 10.1 Å². The second-order valence-corrected chi connectivity index (χ2v) is 5.38. The van der Waals surface area contributed by atoms with Crippen LogP contribution in [0.25, 0.3) is 0 Å². The molecular weight excluding hydrogens is 266 g/mol. The maximum Gasteiger partial charge on any atom is 0.119 e. The fraction of sp³-hybridized carbons (Fsp3) is 0.294. The van der Waals surface area contributed by atoms with Gasteiger partial charge in [0.05, 0.1) is 12.6 Å². The number of rotatable bonds is 6. The van der Waals surface area contributed by atoms with E-state index < -0.39 is 0 Å². The molecule has 0 amide bonds. The third-order valence-electron chi connectivity index (χ3n) is 3.26.